The normalized spacial score (nSPS) is 23.2. The average molecular weight is 310 g/mol. The molecule has 1 fully saturated rings. The second-order valence-electron chi connectivity index (χ2n) is 5.81. The van der Waals surface area contributed by atoms with Crippen LogP contribution >= 0.6 is 0 Å². The lowest BCUT2D eigenvalue weighted by atomic mass is 10.0. The van der Waals surface area contributed by atoms with E-state index in [-0.39, 0.29) is 12.6 Å². The highest BCUT2D eigenvalue weighted by molar-refractivity contribution is 7.89. The van der Waals surface area contributed by atoms with Gasteiger partial charge in [-0.05, 0) is 42.5 Å². The summed E-state index contributed by atoms with van der Waals surface area (Å²) in [5.74, 6) is 0. The minimum atomic E-state index is -3.46. The van der Waals surface area contributed by atoms with Crippen molar-refractivity contribution in [3.63, 3.8) is 0 Å². The molecule has 0 aliphatic carbocycles. The van der Waals surface area contributed by atoms with Crippen molar-refractivity contribution in [2.45, 2.75) is 49.7 Å². The van der Waals surface area contributed by atoms with Crippen LogP contribution in [-0.4, -0.2) is 37.0 Å². The largest absolute Gasteiger partial charge is 0.396 e. The van der Waals surface area contributed by atoms with E-state index in [1.165, 1.54) is 5.56 Å². The Morgan fingerprint density at radius 2 is 2.05 bits per heavy atom. The van der Waals surface area contributed by atoms with Crippen molar-refractivity contribution in [2.75, 3.05) is 13.2 Å². The van der Waals surface area contributed by atoms with Crippen LogP contribution in [0.1, 0.15) is 36.8 Å². The maximum atomic E-state index is 12.9. The van der Waals surface area contributed by atoms with Crippen molar-refractivity contribution in [1.29, 1.82) is 0 Å². The average Bonchev–Trinajstić information content (AvgIpc) is 2.95. The molecule has 1 unspecified atom stereocenters. The molecule has 5 nitrogen and oxygen atoms in total. The SMILES string of the molecule is O=S(=O)(c1ccc2c(c1)CNC2)N1CCCCC1CCO. The van der Waals surface area contributed by atoms with E-state index in [4.69, 9.17) is 5.11 Å². The third-order valence-corrected chi connectivity index (χ3v) is 6.40. The van der Waals surface area contributed by atoms with Crippen LogP contribution in [0.15, 0.2) is 23.1 Å². The summed E-state index contributed by atoms with van der Waals surface area (Å²) in [4.78, 5) is 0.384. The molecule has 3 rings (SSSR count). The highest BCUT2D eigenvalue weighted by atomic mass is 32.2. The van der Waals surface area contributed by atoms with Crippen molar-refractivity contribution < 1.29 is 13.5 Å². The second-order valence-corrected chi connectivity index (χ2v) is 7.70. The van der Waals surface area contributed by atoms with Crippen LogP contribution in [0.4, 0.5) is 0 Å². The number of aliphatic hydroxyl groups is 1. The van der Waals surface area contributed by atoms with Gasteiger partial charge in [0.05, 0.1) is 4.90 Å². The Morgan fingerprint density at radius 1 is 1.24 bits per heavy atom. The lowest BCUT2D eigenvalue weighted by Crippen LogP contribution is -2.44. The Hall–Kier alpha value is -0.950. The van der Waals surface area contributed by atoms with Crippen LogP contribution in [0.5, 0.6) is 0 Å². The van der Waals surface area contributed by atoms with Gasteiger partial charge in [0, 0.05) is 32.3 Å². The Labute approximate surface area is 126 Å². The molecule has 1 atom stereocenters. The van der Waals surface area contributed by atoms with Gasteiger partial charge in [-0.25, -0.2) is 8.42 Å². The Morgan fingerprint density at radius 3 is 2.86 bits per heavy atom. The van der Waals surface area contributed by atoms with Gasteiger partial charge in [0.25, 0.3) is 0 Å². The number of piperidine rings is 1. The molecule has 0 radical (unpaired) electrons. The minimum absolute atomic E-state index is 0.0325. The first-order valence-electron chi connectivity index (χ1n) is 7.58. The zero-order valence-corrected chi connectivity index (χ0v) is 12.9. The van der Waals surface area contributed by atoms with Crippen LogP contribution in [0, 0.1) is 0 Å². The van der Waals surface area contributed by atoms with Gasteiger partial charge in [0.2, 0.25) is 10.0 Å². The summed E-state index contributed by atoms with van der Waals surface area (Å²) in [5, 5.41) is 12.4. The predicted octanol–water partition coefficient (Wildman–Crippen LogP) is 1.22. The van der Waals surface area contributed by atoms with Gasteiger partial charge in [-0.3, -0.25) is 0 Å². The van der Waals surface area contributed by atoms with Gasteiger partial charge < -0.3 is 10.4 Å². The number of aliphatic hydroxyl groups excluding tert-OH is 1. The van der Waals surface area contributed by atoms with E-state index < -0.39 is 10.0 Å². The first-order chi connectivity index (χ1) is 10.1. The molecule has 2 heterocycles. The number of hydrogen-bond acceptors (Lipinski definition) is 4. The number of rotatable bonds is 4. The maximum Gasteiger partial charge on any atom is 0.243 e. The number of benzene rings is 1. The third kappa shape index (κ3) is 2.85. The second kappa shape index (κ2) is 6.04. The van der Waals surface area contributed by atoms with Gasteiger partial charge in [-0.2, -0.15) is 4.31 Å². The molecule has 1 saturated heterocycles. The van der Waals surface area contributed by atoms with Crippen molar-refractivity contribution in [2.24, 2.45) is 0 Å². The van der Waals surface area contributed by atoms with Gasteiger partial charge in [-0.1, -0.05) is 12.5 Å². The van der Waals surface area contributed by atoms with Crippen molar-refractivity contribution in [1.82, 2.24) is 9.62 Å². The molecule has 1 aromatic rings. The van der Waals surface area contributed by atoms with Crippen LogP contribution in [0.3, 0.4) is 0 Å². The Kier molecular flexibility index (Phi) is 4.31. The first kappa shape index (κ1) is 15.0. The van der Waals surface area contributed by atoms with Gasteiger partial charge >= 0.3 is 0 Å². The topological polar surface area (TPSA) is 69.6 Å². The molecule has 21 heavy (non-hydrogen) atoms. The molecule has 1 aromatic carbocycles. The molecular weight excluding hydrogens is 288 g/mol. The highest BCUT2D eigenvalue weighted by Crippen LogP contribution is 2.28. The molecule has 0 aromatic heterocycles. The fraction of sp³-hybridized carbons (Fsp3) is 0.600. The van der Waals surface area contributed by atoms with Crippen molar-refractivity contribution in [3.8, 4) is 0 Å². The molecular formula is C15H22N2O3S. The Bertz CT molecular complexity index is 613. The molecule has 6 heteroatoms. The first-order valence-corrected chi connectivity index (χ1v) is 9.02. The summed E-state index contributed by atoms with van der Waals surface area (Å²) in [6.45, 7) is 2.14. The van der Waals surface area contributed by atoms with E-state index in [0.29, 0.717) is 17.9 Å². The molecule has 0 spiro atoms. The van der Waals surface area contributed by atoms with Crippen LogP contribution in [0.2, 0.25) is 0 Å². The van der Waals surface area contributed by atoms with Crippen LogP contribution in [-0.2, 0) is 23.1 Å². The fourth-order valence-electron chi connectivity index (χ4n) is 3.29. The molecule has 0 saturated carbocycles. The van der Waals surface area contributed by atoms with E-state index in [1.54, 1.807) is 16.4 Å². The fourth-order valence-corrected chi connectivity index (χ4v) is 5.07. The standard InChI is InChI=1S/C15H22N2O3S/c18-8-6-14-3-1-2-7-17(14)21(19,20)15-5-4-12-10-16-11-13(12)9-15/h4-5,9,14,16,18H,1-3,6-8,10-11H2. The van der Waals surface area contributed by atoms with Crippen molar-refractivity contribution >= 4 is 10.0 Å². The van der Waals surface area contributed by atoms with Gasteiger partial charge in [0.15, 0.2) is 0 Å². The van der Waals surface area contributed by atoms with E-state index in [9.17, 15) is 8.42 Å². The smallest absolute Gasteiger partial charge is 0.243 e. The zero-order chi connectivity index (χ0) is 14.9. The molecule has 2 aliphatic rings. The highest BCUT2D eigenvalue weighted by Gasteiger charge is 2.33. The minimum Gasteiger partial charge on any atom is -0.396 e. The molecule has 0 amide bonds. The summed E-state index contributed by atoms with van der Waals surface area (Å²) >= 11 is 0. The Balaban J connectivity index is 1.91. The summed E-state index contributed by atoms with van der Waals surface area (Å²) in [5.41, 5.74) is 2.26. The number of sulfonamides is 1. The quantitative estimate of drug-likeness (QED) is 0.877. The van der Waals surface area contributed by atoms with Crippen molar-refractivity contribution in [3.05, 3.63) is 29.3 Å². The van der Waals surface area contributed by atoms with Crippen LogP contribution < -0.4 is 5.32 Å². The van der Waals surface area contributed by atoms with Crippen LogP contribution in [0.25, 0.3) is 0 Å². The maximum absolute atomic E-state index is 12.9. The molecule has 2 aliphatic heterocycles. The van der Waals surface area contributed by atoms with E-state index in [2.05, 4.69) is 5.32 Å². The summed E-state index contributed by atoms with van der Waals surface area (Å²) in [7, 11) is -3.46. The molecule has 2 N–H and O–H groups in total. The summed E-state index contributed by atoms with van der Waals surface area (Å²) < 4.78 is 27.4. The lowest BCUT2D eigenvalue weighted by molar-refractivity contribution is 0.192. The van der Waals surface area contributed by atoms with Gasteiger partial charge in [-0.15, -0.1) is 0 Å². The number of hydrogen-bond donors (Lipinski definition) is 2. The monoisotopic (exact) mass is 310 g/mol. The van der Waals surface area contributed by atoms with E-state index >= 15 is 0 Å². The lowest BCUT2D eigenvalue weighted by Gasteiger charge is -2.34. The number of nitrogens with zero attached hydrogens (tertiary/aromatic N) is 1. The summed E-state index contributed by atoms with van der Waals surface area (Å²) in [6, 6.07) is 5.36. The molecule has 0 bridgehead atoms. The number of nitrogens with one attached hydrogen (secondary N) is 1. The van der Waals surface area contributed by atoms with Gasteiger partial charge in [0.1, 0.15) is 0 Å². The number of fused-ring (bicyclic) bond motifs is 1. The molecule has 116 valence electrons. The van der Waals surface area contributed by atoms with E-state index in [1.807, 2.05) is 6.07 Å². The third-order valence-electron chi connectivity index (χ3n) is 4.45. The summed E-state index contributed by atoms with van der Waals surface area (Å²) in [6.07, 6.45) is 3.29. The predicted molar refractivity (Wildman–Crippen MR) is 80.2 cm³/mol. The van der Waals surface area contributed by atoms with E-state index in [0.717, 1.165) is 37.9 Å². The zero-order valence-electron chi connectivity index (χ0n) is 12.1.